The summed E-state index contributed by atoms with van der Waals surface area (Å²) in [6.07, 6.45) is 0.863. The fourth-order valence-electron chi connectivity index (χ4n) is 2.28. The molecule has 2 rings (SSSR count). The van der Waals surface area contributed by atoms with Crippen molar-refractivity contribution in [1.29, 1.82) is 0 Å². The average molecular weight is 327 g/mol. The molecular weight excluding hydrogens is 302 g/mol. The van der Waals surface area contributed by atoms with Crippen molar-refractivity contribution in [2.75, 3.05) is 18.5 Å². The van der Waals surface area contributed by atoms with Gasteiger partial charge in [0.1, 0.15) is 5.75 Å². The Morgan fingerprint density at radius 1 is 1.04 bits per heavy atom. The normalized spacial score (nSPS) is 11.1. The third-order valence-electron chi connectivity index (χ3n) is 3.77. The van der Waals surface area contributed by atoms with Crippen LogP contribution in [0.4, 0.5) is 5.69 Å². The molecule has 0 aromatic heterocycles. The molecule has 2 N–H and O–H groups in total. The fraction of sp³-hybridized carbons (Fsp3) is 0.350. The van der Waals surface area contributed by atoms with Crippen LogP contribution in [0.1, 0.15) is 43.1 Å². The molecule has 0 unspecified atom stereocenters. The van der Waals surface area contributed by atoms with Crippen LogP contribution >= 0.6 is 0 Å². The Bertz CT molecular complexity index is 655. The summed E-state index contributed by atoms with van der Waals surface area (Å²) in [4.78, 5) is 10.8. The first kappa shape index (κ1) is 17.9. The van der Waals surface area contributed by atoms with Gasteiger partial charge in [-0.1, -0.05) is 32.9 Å². The molecule has 128 valence electrons. The van der Waals surface area contributed by atoms with Gasteiger partial charge in [0.15, 0.2) is 0 Å². The Morgan fingerprint density at radius 3 is 2.21 bits per heavy atom. The summed E-state index contributed by atoms with van der Waals surface area (Å²) in [6, 6.07) is 15.0. The Hall–Kier alpha value is -2.49. The third-order valence-corrected chi connectivity index (χ3v) is 3.77. The number of carbonyl (C=O) groups is 1. The molecule has 4 nitrogen and oxygen atoms in total. The SMILES string of the molecule is CC(C)(C)c1ccc(NCCCOc2ccc(C(=O)O)cc2)cc1. The molecule has 0 amide bonds. The number of carboxylic acids is 1. The topological polar surface area (TPSA) is 58.6 Å². The van der Waals surface area contributed by atoms with E-state index in [9.17, 15) is 4.79 Å². The van der Waals surface area contributed by atoms with Gasteiger partial charge in [-0.25, -0.2) is 4.79 Å². The van der Waals surface area contributed by atoms with Crippen molar-refractivity contribution < 1.29 is 14.6 Å². The summed E-state index contributed by atoms with van der Waals surface area (Å²) >= 11 is 0. The monoisotopic (exact) mass is 327 g/mol. The van der Waals surface area contributed by atoms with Crippen molar-refractivity contribution in [2.24, 2.45) is 0 Å². The lowest BCUT2D eigenvalue weighted by atomic mass is 9.87. The quantitative estimate of drug-likeness (QED) is 0.732. The minimum atomic E-state index is -0.928. The van der Waals surface area contributed by atoms with Crippen LogP contribution < -0.4 is 10.1 Å². The van der Waals surface area contributed by atoms with E-state index in [2.05, 4.69) is 50.4 Å². The van der Waals surface area contributed by atoms with Crippen molar-refractivity contribution in [2.45, 2.75) is 32.6 Å². The van der Waals surface area contributed by atoms with E-state index in [-0.39, 0.29) is 11.0 Å². The highest BCUT2D eigenvalue weighted by atomic mass is 16.5. The summed E-state index contributed by atoms with van der Waals surface area (Å²) in [5, 5.41) is 12.2. The number of hydrogen-bond donors (Lipinski definition) is 2. The van der Waals surface area contributed by atoms with Gasteiger partial charge in [-0.05, 0) is 53.8 Å². The summed E-state index contributed by atoms with van der Waals surface area (Å²) in [6.45, 7) is 8.02. The Morgan fingerprint density at radius 2 is 1.67 bits per heavy atom. The van der Waals surface area contributed by atoms with Crippen LogP contribution in [0.5, 0.6) is 5.75 Å². The van der Waals surface area contributed by atoms with Gasteiger partial charge in [-0.15, -0.1) is 0 Å². The summed E-state index contributed by atoms with van der Waals surface area (Å²) < 4.78 is 5.61. The zero-order chi connectivity index (χ0) is 17.6. The van der Waals surface area contributed by atoms with Gasteiger partial charge < -0.3 is 15.2 Å². The Labute approximate surface area is 143 Å². The number of benzene rings is 2. The van der Waals surface area contributed by atoms with Crippen LogP contribution in [0.3, 0.4) is 0 Å². The molecule has 0 radical (unpaired) electrons. The highest BCUT2D eigenvalue weighted by Gasteiger charge is 2.12. The molecular formula is C20H25NO3. The van der Waals surface area contributed by atoms with Gasteiger partial charge in [-0.2, -0.15) is 0 Å². The maximum absolute atomic E-state index is 10.8. The number of hydrogen-bond acceptors (Lipinski definition) is 3. The lowest BCUT2D eigenvalue weighted by Gasteiger charge is -2.19. The predicted octanol–water partition coefficient (Wildman–Crippen LogP) is 4.56. The molecule has 0 fully saturated rings. The Balaban J connectivity index is 1.70. The number of nitrogens with one attached hydrogen (secondary N) is 1. The number of anilines is 1. The van der Waals surface area contributed by atoms with Crippen LogP contribution in [0.25, 0.3) is 0 Å². The highest BCUT2D eigenvalue weighted by Crippen LogP contribution is 2.23. The number of carboxylic acid groups (broad SMARTS) is 1. The van der Waals surface area contributed by atoms with Crippen molar-refractivity contribution in [1.82, 2.24) is 0 Å². The lowest BCUT2D eigenvalue weighted by molar-refractivity contribution is 0.0697. The number of aromatic carboxylic acids is 1. The molecule has 0 saturated carbocycles. The minimum absolute atomic E-state index is 0.169. The van der Waals surface area contributed by atoms with E-state index in [0.717, 1.165) is 18.7 Å². The first-order chi connectivity index (χ1) is 11.4. The van der Waals surface area contributed by atoms with E-state index in [0.29, 0.717) is 12.4 Å². The first-order valence-corrected chi connectivity index (χ1v) is 8.17. The second-order valence-corrected chi connectivity index (χ2v) is 6.79. The average Bonchev–Trinajstić information content (AvgIpc) is 2.54. The first-order valence-electron chi connectivity index (χ1n) is 8.17. The standard InChI is InChI=1S/C20H25NO3/c1-20(2,3)16-7-9-17(10-8-16)21-13-4-14-24-18-11-5-15(6-12-18)19(22)23/h5-12,21H,4,13-14H2,1-3H3,(H,22,23). The van der Waals surface area contributed by atoms with Gasteiger partial charge in [0.25, 0.3) is 0 Å². The van der Waals surface area contributed by atoms with Gasteiger partial charge in [-0.3, -0.25) is 0 Å². The third kappa shape index (κ3) is 5.30. The molecule has 2 aromatic rings. The molecule has 0 aliphatic carbocycles. The predicted molar refractivity (Wildman–Crippen MR) is 97.1 cm³/mol. The zero-order valence-corrected chi connectivity index (χ0v) is 14.5. The van der Waals surface area contributed by atoms with Crippen LogP contribution in [0.2, 0.25) is 0 Å². The molecule has 0 aliphatic rings. The number of rotatable bonds is 7. The van der Waals surface area contributed by atoms with Crippen LogP contribution in [-0.4, -0.2) is 24.2 Å². The van der Waals surface area contributed by atoms with Crippen molar-refractivity contribution >= 4 is 11.7 Å². The van der Waals surface area contributed by atoms with Crippen LogP contribution in [0.15, 0.2) is 48.5 Å². The lowest BCUT2D eigenvalue weighted by Crippen LogP contribution is -2.11. The van der Waals surface area contributed by atoms with Crippen LogP contribution in [0, 0.1) is 0 Å². The minimum Gasteiger partial charge on any atom is -0.494 e. The van der Waals surface area contributed by atoms with Crippen molar-refractivity contribution in [3.63, 3.8) is 0 Å². The molecule has 0 aliphatic heterocycles. The molecule has 0 atom stereocenters. The largest absolute Gasteiger partial charge is 0.494 e. The van der Waals surface area contributed by atoms with Gasteiger partial charge in [0.2, 0.25) is 0 Å². The van der Waals surface area contributed by atoms with Gasteiger partial charge >= 0.3 is 5.97 Å². The van der Waals surface area contributed by atoms with E-state index in [1.54, 1.807) is 24.3 Å². The molecule has 0 saturated heterocycles. The van der Waals surface area contributed by atoms with Gasteiger partial charge in [0, 0.05) is 12.2 Å². The van der Waals surface area contributed by atoms with E-state index in [4.69, 9.17) is 9.84 Å². The van der Waals surface area contributed by atoms with E-state index < -0.39 is 5.97 Å². The number of ether oxygens (including phenoxy) is 1. The smallest absolute Gasteiger partial charge is 0.335 e. The Kier molecular flexibility index (Phi) is 5.85. The maximum atomic E-state index is 10.8. The summed E-state index contributed by atoms with van der Waals surface area (Å²) in [5.74, 6) is -0.238. The molecule has 0 spiro atoms. The van der Waals surface area contributed by atoms with E-state index in [1.807, 2.05) is 0 Å². The van der Waals surface area contributed by atoms with Gasteiger partial charge in [0.05, 0.1) is 12.2 Å². The zero-order valence-electron chi connectivity index (χ0n) is 14.5. The molecule has 2 aromatic carbocycles. The van der Waals surface area contributed by atoms with Crippen molar-refractivity contribution in [3.8, 4) is 5.75 Å². The molecule has 0 bridgehead atoms. The second-order valence-electron chi connectivity index (χ2n) is 6.79. The van der Waals surface area contributed by atoms with Crippen LogP contribution in [-0.2, 0) is 5.41 Å². The van der Waals surface area contributed by atoms with Crippen molar-refractivity contribution in [3.05, 3.63) is 59.7 Å². The summed E-state index contributed by atoms with van der Waals surface area (Å²) in [7, 11) is 0. The second kappa shape index (κ2) is 7.86. The van der Waals surface area contributed by atoms with E-state index >= 15 is 0 Å². The highest BCUT2D eigenvalue weighted by molar-refractivity contribution is 5.87. The fourth-order valence-corrected chi connectivity index (χ4v) is 2.28. The summed E-state index contributed by atoms with van der Waals surface area (Å²) in [5.41, 5.74) is 2.86. The molecule has 24 heavy (non-hydrogen) atoms. The molecule has 4 heteroatoms. The molecule has 0 heterocycles. The maximum Gasteiger partial charge on any atom is 0.335 e. The van der Waals surface area contributed by atoms with E-state index in [1.165, 1.54) is 5.56 Å².